The highest BCUT2D eigenvalue weighted by molar-refractivity contribution is 5.79. The first-order valence-corrected chi connectivity index (χ1v) is 7.99. The van der Waals surface area contributed by atoms with Crippen LogP contribution in [0.5, 0.6) is 0 Å². The molecule has 2 heterocycles. The predicted molar refractivity (Wildman–Crippen MR) is 78.1 cm³/mol. The first-order valence-electron chi connectivity index (χ1n) is 7.99. The van der Waals surface area contributed by atoms with E-state index in [4.69, 9.17) is 0 Å². The number of benzene rings is 1. The Hall–Kier alpha value is -2.95. The summed E-state index contributed by atoms with van der Waals surface area (Å²) in [6, 6.07) is 3.76. The zero-order valence-electron chi connectivity index (χ0n) is 14.9. The summed E-state index contributed by atoms with van der Waals surface area (Å²) < 4.78 is 186. The molecule has 0 fully saturated rings. The van der Waals surface area contributed by atoms with Gasteiger partial charge in [0.1, 0.15) is 0 Å². The number of hydrogen-bond acceptors (Lipinski definition) is 3. The van der Waals surface area contributed by atoms with E-state index in [0.29, 0.717) is 0 Å². The first-order chi connectivity index (χ1) is 14.7. The van der Waals surface area contributed by atoms with Gasteiger partial charge in [-0.15, -0.1) is 0 Å². The van der Waals surface area contributed by atoms with E-state index >= 15 is 0 Å². The van der Waals surface area contributed by atoms with Gasteiger partial charge in [0.05, 0.1) is 11.0 Å². The smallest absolute Gasteiger partial charge is 0.259 e. The summed E-state index contributed by atoms with van der Waals surface area (Å²) in [5.74, 6) is -34.9. The highest BCUT2D eigenvalue weighted by Crippen LogP contribution is 2.54. The lowest BCUT2D eigenvalue weighted by molar-refractivity contribution is -0.364. The molecule has 2 aromatic heterocycles. The third-order valence-corrected chi connectivity index (χ3v) is 4.23. The molecule has 33 heavy (non-hydrogen) atoms. The van der Waals surface area contributed by atoms with Crippen LogP contribution in [0.25, 0.3) is 16.8 Å². The van der Waals surface area contributed by atoms with E-state index in [1.54, 1.807) is 0 Å². The molecule has 0 atom stereocenters. The molecule has 0 saturated carbocycles. The third-order valence-electron chi connectivity index (χ3n) is 4.23. The highest BCUT2D eigenvalue weighted by atomic mass is 19.4. The van der Waals surface area contributed by atoms with Crippen molar-refractivity contribution in [3.8, 4) is 0 Å². The van der Waals surface area contributed by atoms with Crippen LogP contribution in [0.3, 0.4) is 0 Å². The normalized spacial score (nSPS) is 15.0. The molecule has 0 aliphatic heterocycles. The van der Waals surface area contributed by atoms with Crippen molar-refractivity contribution in [2.24, 2.45) is 0 Å². The Balaban J connectivity index is 2.46. The number of hydrogen-bond donors (Lipinski definition) is 0. The second-order valence-electron chi connectivity index (χ2n) is 6.40. The Morgan fingerprint density at radius 2 is 1.06 bits per heavy atom. The average molecular weight is 506 g/mol. The van der Waals surface area contributed by atoms with Gasteiger partial charge in [0, 0.05) is 0 Å². The average Bonchev–Trinajstić information content (AvgIpc) is 3.03. The van der Waals surface area contributed by atoms with Crippen molar-refractivity contribution in [2.45, 2.75) is 36.0 Å². The highest BCUT2D eigenvalue weighted by Gasteiger charge is 2.77. The summed E-state index contributed by atoms with van der Waals surface area (Å²) in [4.78, 5) is 7.76. The minimum absolute atomic E-state index is 0.389. The van der Waals surface area contributed by atoms with Crippen LogP contribution in [0.4, 0.5) is 61.5 Å². The van der Waals surface area contributed by atoms with E-state index in [0.717, 1.165) is 24.3 Å². The Kier molecular flexibility index (Phi) is 5.07. The summed E-state index contributed by atoms with van der Waals surface area (Å²) in [7, 11) is 0. The lowest BCUT2D eigenvalue weighted by Crippen LogP contribution is -2.53. The van der Waals surface area contributed by atoms with E-state index in [-0.39, 0.29) is 4.40 Å². The van der Waals surface area contributed by atoms with E-state index in [9.17, 15) is 61.5 Å². The molecule has 3 aromatic rings. The van der Waals surface area contributed by atoms with E-state index in [1.165, 1.54) is 0 Å². The van der Waals surface area contributed by atoms with Crippen LogP contribution in [-0.4, -0.2) is 43.6 Å². The van der Waals surface area contributed by atoms with Crippen molar-refractivity contribution in [3.63, 3.8) is 0 Å². The largest absolute Gasteiger partial charge is 0.460 e. The van der Waals surface area contributed by atoms with Gasteiger partial charge >= 0.3 is 36.0 Å². The quantitative estimate of drug-likeness (QED) is 0.417. The number of aromatic nitrogens is 4. The van der Waals surface area contributed by atoms with Crippen LogP contribution in [0.15, 0.2) is 24.3 Å². The van der Waals surface area contributed by atoms with Crippen LogP contribution in [-0.2, 0) is 11.8 Å². The molecule has 0 saturated heterocycles. The third kappa shape index (κ3) is 3.32. The van der Waals surface area contributed by atoms with Crippen LogP contribution < -0.4 is 0 Å². The lowest BCUT2D eigenvalue weighted by Gasteiger charge is -2.30. The van der Waals surface area contributed by atoms with Gasteiger partial charge in [-0.05, 0) is 12.1 Å². The fourth-order valence-corrected chi connectivity index (χ4v) is 2.56. The standard InChI is InChI=1S/C15H4F14N4/c16-10(17,12(20,21)14(24,25)26)7-31-8(11(18,19)13(22,23)15(27,28)29)33-6-4-2-1-3-5(6)30-9(33)32-7/h1-4H. The van der Waals surface area contributed by atoms with Crippen LogP contribution in [0.2, 0.25) is 0 Å². The van der Waals surface area contributed by atoms with Crippen LogP contribution >= 0.6 is 0 Å². The number of nitrogens with zero attached hydrogens (tertiary/aromatic N) is 4. The number of halogens is 14. The summed E-state index contributed by atoms with van der Waals surface area (Å²) in [5, 5.41) is 0. The van der Waals surface area contributed by atoms with Crippen molar-refractivity contribution in [3.05, 3.63) is 35.9 Å². The first kappa shape index (κ1) is 24.7. The lowest BCUT2D eigenvalue weighted by atomic mass is 10.1. The van der Waals surface area contributed by atoms with Crippen molar-refractivity contribution in [2.75, 3.05) is 0 Å². The second-order valence-corrected chi connectivity index (χ2v) is 6.40. The molecule has 1 aromatic carbocycles. The molecular weight excluding hydrogens is 502 g/mol. The molecule has 18 heteroatoms. The van der Waals surface area contributed by atoms with Gasteiger partial charge in [-0.2, -0.15) is 66.4 Å². The molecule has 0 spiro atoms. The molecule has 0 amide bonds. The van der Waals surface area contributed by atoms with Crippen molar-refractivity contribution >= 4 is 16.8 Å². The van der Waals surface area contributed by atoms with Gasteiger partial charge in [-0.3, -0.25) is 4.40 Å². The number of rotatable bonds is 4. The molecular formula is C15H4F14N4. The maximum Gasteiger partial charge on any atom is 0.460 e. The van der Waals surface area contributed by atoms with Gasteiger partial charge in [0.15, 0.2) is 5.82 Å². The fraction of sp³-hybridized carbons (Fsp3) is 0.400. The number of para-hydroxylation sites is 2. The van der Waals surface area contributed by atoms with E-state index < -0.39 is 64.5 Å². The Bertz CT molecular complexity index is 1210. The van der Waals surface area contributed by atoms with Crippen LogP contribution in [0, 0.1) is 0 Å². The van der Waals surface area contributed by atoms with E-state index in [2.05, 4.69) is 9.97 Å². The van der Waals surface area contributed by atoms with Crippen LogP contribution in [0.1, 0.15) is 11.6 Å². The SMILES string of the molecule is FC(F)(F)C(F)(F)C(F)(F)c1nc(C(F)(F)C(F)(F)C(F)(F)F)n2c(n1)nc1ccccc12. The van der Waals surface area contributed by atoms with Crippen molar-refractivity contribution < 1.29 is 61.5 Å². The molecule has 0 N–H and O–H groups in total. The van der Waals surface area contributed by atoms with Crippen molar-refractivity contribution in [1.82, 2.24) is 19.4 Å². The Labute approximate surface area is 170 Å². The molecule has 0 aliphatic rings. The Morgan fingerprint density at radius 3 is 1.58 bits per heavy atom. The summed E-state index contributed by atoms with van der Waals surface area (Å²) in [6.07, 6.45) is -14.0. The van der Waals surface area contributed by atoms with Gasteiger partial charge in [-0.25, -0.2) is 9.97 Å². The monoisotopic (exact) mass is 506 g/mol. The molecule has 0 aliphatic carbocycles. The molecule has 3 rings (SSSR count). The molecule has 0 radical (unpaired) electrons. The zero-order chi connectivity index (χ0) is 25.4. The maximum absolute atomic E-state index is 14.4. The fourth-order valence-electron chi connectivity index (χ4n) is 2.56. The predicted octanol–water partition coefficient (Wildman–Crippen LogP) is 5.86. The Morgan fingerprint density at radius 1 is 0.576 bits per heavy atom. The topological polar surface area (TPSA) is 43.1 Å². The molecule has 0 unspecified atom stereocenters. The molecule has 0 bridgehead atoms. The van der Waals surface area contributed by atoms with Gasteiger partial charge in [0.2, 0.25) is 11.6 Å². The summed E-state index contributed by atoms with van der Waals surface area (Å²) >= 11 is 0. The minimum Gasteiger partial charge on any atom is -0.259 e. The van der Waals surface area contributed by atoms with Gasteiger partial charge in [-0.1, -0.05) is 12.1 Å². The van der Waals surface area contributed by atoms with Gasteiger partial charge in [0.25, 0.3) is 0 Å². The second kappa shape index (κ2) is 6.78. The van der Waals surface area contributed by atoms with E-state index in [1.807, 2.05) is 4.98 Å². The maximum atomic E-state index is 14.4. The number of imidazole rings is 1. The van der Waals surface area contributed by atoms with Crippen molar-refractivity contribution in [1.29, 1.82) is 0 Å². The number of alkyl halides is 14. The minimum atomic E-state index is -7.04. The number of fused-ring (bicyclic) bond motifs is 3. The summed E-state index contributed by atoms with van der Waals surface area (Å²) in [5.41, 5.74) is -1.32. The van der Waals surface area contributed by atoms with Gasteiger partial charge < -0.3 is 0 Å². The molecule has 182 valence electrons. The zero-order valence-corrected chi connectivity index (χ0v) is 14.9. The summed E-state index contributed by atoms with van der Waals surface area (Å²) in [6.45, 7) is 0. The molecule has 4 nitrogen and oxygen atoms in total.